The smallest absolute Gasteiger partial charge is 0.338 e. The molecule has 0 saturated heterocycles. The molecule has 2 unspecified atom stereocenters. The highest BCUT2D eigenvalue weighted by molar-refractivity contribution is 5.91. The normalized spacial score (nSPS) is 18.1. The van der Waals surface area contributed by atoms with Gasteiger partial charge in [0.2, 0.25) is 0 Å². The molecule has 0 heterocycles. The summed E-state index contributed by atoms with van der Waals surface area (Å²) in [7, 11) is 1.45. The van der Waals surface area contributed by atoms with Gasteiger partial charge in [0.15, 0.2) is 0 Å². The first-order valence-corrected chi connectivity index (χ1v) is 12.5. The number of carbonyl (C=O) groups is 1. The predicted molar refractivity (Wildman–Crippen MR) is 143 cm³/mol. The van der Waals surface area contributed by atoms with E-state index in [4.69, 9.17) is 4.74 Å². The van der Waals surface area contributed by atoms with Crippen LogP contribution in [-0.2, 0) is 11.2 Å². The Hall–Kier alpha value is -3.43. The maximum atomic E-state index is 12.4. The molecule has 1 aliphatic carbocycles. The molecule has 3 nitrogen and oxygen atoms in total. The third-order valence-electron chi connectivity index (χ3n) is 7.58. The van der Waals surface area contributed by atoms with Crippen LogP contribution in [0.2, 0.25) is 0 Å². The molecule has 5 rings (SSSR count). The fourth-order valence-electron chi connectivity index (χ4n) is 5.65. The molecule has 4 aromatic rings. The Labute approximate surface area is 208 Å². The molecule has 0 spiro atoms. The van der Waals surface area contributed by atoms with Gasteiger partial charge in [-0.1, -0.05) is 78.9 Å². The first-order chi connectivity index (χ1) is 17.0. The van der Waals surface area contributed by atoms with Crippen LogP contribution in [0.5, 0.6) is 0 Å². The van der Waals surface area contributed by atoms with Gasteiger partial charge in [0, 0.05) is 12.0 Å². The molecule has 3 atom stereocenters. The maximum Gasteiger partial charge on any atom is 0.338 e. The van der Waals surface area contributed by atoms with Gasteiger partial charge in [-0.05, 0) is 83.8 Å². The van der Waals surface area contributed by atoms with E-state index in [1.54, 1.807) is 0 Å². The van der Waals surface area contributed by atoms with Crippen LogP contribution in [0.1, 0.15) is 63.5 Å². The summed E-state index contributed by atoms with van der Waals surface area (Å²) < 4.78 is 5.04. The van der Waals surface area contributed by atoms with Crippen LogP contribution in [0.4, 0.5) is 0 Å². The zero-order valence-electron chi connectivity index (χ0n) is 20.8. The average Bonchev–Trinajstić information content (AvgIpc) is 2.90. The number of esters is 1. The molecule has 3 heteroatoms. The molecule has 0 fully saturated rings. The average molecular weight is 464 g/mol. The number of benzene rings is 4. The largest absolute Gasteiger partial charge is 0.465 e. The van der Waals surface area contributed by atoms with E-state index in [9.17, 15) is 4.79 Å². The van der Waals surface area contributed by atoms with Crippen molar-refractivity contribution in [3.05, 3.63) is 118 Å². The number of rotatable bonds is 6. The van der Waals surface area contributed by atoms with Gasteiger partial charge in [-0.2, -0.15) is 0 Å². The molecule has 0 bridgehead atoms. The molecule has 0 radical (unpaired) electrons. The van der Waals surface area contributed by atoms with Crippen molar-refractivity contribution in [1.82, 2.24) is 5.32 Å². The van der Waals surface area contributed by atoms with E-state index in [2.05, 4.69) is 91.1 Å². The first-order valence-electron chi connectivity index (χ1n) is 12.5. The van der Waals surface area contributed by atoms with E-state index in [-0.39, 0.29) is 17.9 Å². The molecule has 0 saturated carbocycles. The summed E-state index contributed by atoms with van der Waals surface area (Å²) in [6.07, 6.45) is 2.12. The zero-order valence-corrected chi connectivity index (χ0v) is 20.8. The third kappa shape index (κ3) is 4.74. The molecule has 1 N–H and O–H groups in total. The molecule has 1 aliphatic rings. The van der Waals surface area contributed by atoms with E-state index in [1.165, 1.54) is 40.1 Å². The van der Waals surface area contributed by atoms with Crippen molar-refractivity contribution in [3.8, 4) is 0 Å². The maximum absolute atomic E-state index is 12.4. The minimum atomic E-state index is -0.268. The van der Waals surface area contributed by atoms with Crippen molar-refractivity contribution < 1.29 is 9.53 Å². The van der Waals surface area contributed by atoms with Crippen LogP contribution >= 0.6 is 0 Å². The number of ether oxygens (including phenoxy) is 1. The second kappa shape index (κ2) is 10.1. The topological polar surface area (TPSA) is 38.3 Å². The van der Waals surface area contributed by atoms with Crippen LogP contribution < -0.4 is 5.32 Å². The highest BCUT2D eigenvalue weighted by Crippen LogP contribution is 2.40. The van der Waals surface area contributed by atoms with Gasteiger partial charge in [-0.3, -0.25) is 0 Å². The van der Waals surface area contributed by atoms with Crippen molar-refractivity contribution >= 4 is 16.7 Å². The third-order valence-corrected chi connectivity index (χ3v) is 7.58. The van der Waals surface area contributed by atoms with E-state index in [1.807, 2.05) is 13.0 Å². The molecule has 4 aromatic carbocycles. The monoisotopic (exact) mass is 463 g/mol. The summed E-state index contributed by atoms with van der Waals surface area (Å²) in [5.74, 6) is 0.509. The SMILES string of the molecule is COC(=O)c1cc(C2CC(CN[C@H](C)c3cccc4ccccc34)Cc3ccccc32)ccc1C. The second-order valence-electron chi connectivity index (χ2n) is 9.82. The van der Waals surface area contributed by atoms with Gasteiger partial charge in [0.05, 0.1) is 12.7 Å². The summed E-state index contributed by atoms with van der Waals surface area (Å²) in [5.41, 5.74) is 6.94. The highest BCUT2D eigenvalue weighted by Gasteiger charge is 2.29. The van der Waals surface area contributed by atoms with Crippen molar-refractivity contribution in [1.29, 1.82) is 0 Å². The van der Waals surface area contributed by atoms with Crippen molar-refractivity contribution in [2.45, 2.75) is 38.6 Å². The van der Waals surface area contributed by atoms with Crippen LogP contribution in [0, 0.1) is 12.8 Å². The molecule has 178 valence electrons. The molecular weight excluding hydrogens is 430 g/mol. The van der Waals surface area contributed by atoms with E-state index in [0.717, 1.165) is 24.9 Å². The number of fused-ring (bicyclic) bond motifs is 2. The Morgan fingerprint density at radius 1 is 1.00 bits per heavy atom. The summed E-state index contributed by atoms with van der Waals surface area (Å²) in [6, 6.07) is 30.5. The Morgan fingerprint density at radius 2 is 1.77 bits per heavy atom. The van der Waals surface area contributed by atoms with Crippen molar-refractivity contribution in [2.75, 3.05) is 13.7 Å². The van der Waals surface area contributed by atoms with Gasteiger partial charge in [-0.25, -0.2) is 4.79 Å². The van der Waals surface area contributed by atoms with Crippen LogP contribution in [0.15, 0.2) is 84.9 Å². The lowest BCUT2D eigenvalue weighted by Crippen LogP contribution is -2.31. The summed E-state index contributed by atoms with van der Waals surface area (Å²) in [4.78, 5) is 12.4. The number of aryl methyl sites for hydroxylation is 1. The highest BCUT2D eigenvalue weighted by atomic mass is 16.5. The van der Waals surface area contributed by atoms with Gasteiger partial charge in [0.25, 0.3) is 0 Å². The molecule has 0 aromatic heterocycles. The van der Waals surface area contributed by atoms with Gasteiger partial charge in [0.1, 0.15) is 0 Å². The predicted octanol–water partition coefficient (Wildman–Crippen LogP) is 6.98. The van der Waals surface area contributed by atoms with E-state index < -0.39 is 0 Å². The number of nitrogens with one attached hydrogen (secondary N) is 1. The van der Waals surface area contributed by atoms with E-state index >= 15 is 0 Å². The summed E-state index contributed by atoms with van der Waals surface area (Å²) in [5, 5.41) is 6.44. The molecule has 0 aliphatic heterocycles. The van der Waals surface area contributed by atoms with E-state index in [0.29, 0.717) is 11.5 Å². The van der Waals surface area contributed by atoms with Gasteiger partial charge < -0.3 is 10.1 Å². The molecular formula is C32H33NO2. The lowest BCUT2D eigenvalue weighted by molar-refractivity contribution is 0.0599. The minimum Gasteiger partial charge on any atom is -0.465 e. The molecule has 35 heavy (non-hydrogen) atoms. The fraction of sp³-hybridized carbons (Fsp3) is 0.281. The van der Waals surface area contributed by atoms with Crippen LogP contribution in [-0.4, -0.2) is 19.6 Å². The fourth-order valence-corrected chi connectivity index (χ4v) is 5.65. The number of hydrogen-bond acceptors (Lipinski definition) is 3. The summed E-state index contributed by atoms with van der Waals surface area (Å²) in [6.45, 7) is 5.18. The summed E-state index contributed by atoms with van der Waals surface area (Å²) >= 11 is 0. The van der Waals surface area contributed by atoms with Crippen molar-refractivity contribution in [2.24, 2.45) is 5.92 Å². The Kier molecular flexibility index (Phi) is 6.70. The second-order valence-corrected chi connectivity index (χ2v) is 9.82. The minimum absolute atomic E-state index is 0.266. The number of methoxy groups -OCH3 is 1. The number of hydrogen-bond donors (Lipinski definition) is 1. The lowest BCUT2D eigenvalue weighted by atomic mass is 9.73. The quantitative estimate of drug-likeness (QED) is 0.314. The lowest BCUT2D eigenvalue weighted by Gasteiger charge is -2.33. The Morgan fingerprint density at radius 3 is 2.63 bits per heavy atom. The van der Waals surface area contributed by atoms with Crippen molar-refractivity contribution in [3.63, 3.8) is 0 Å². The Bertz CT molecular complexity index is 1350. The van der Waals surface area contributed by atoms with Crippen LogP contribution in [0.3, 0.4) is 0 Å². The van der Waals surface area contributed by atoms with Crippen LogP contribution in [0.25, 0.3) is 10.8 Å². The van der Waals surface area contributed by atoms with Gasteiger partial charge in [-0.15, -0.1) is 0 Å². The Balaban J connectivity index is 1.39. The zero-order chi connectivity index (χ0) is 24.4. The molecule has 0 amide bonds. The van der Waals surface area contributed by atoms with Gasteiger partial charge >= 0.3 is 5.97 Å². The standard InChI is InChI=1S/C32H33NO2/c1-21-15-16-26(19-30(21)32(34)35-3)31-18-23(17-25-10-5-7-13-29(25)31)20-33-22(2)27-14-8-11-24-9-4-6-12-28(24)27/h4-16,19,22-23,31,33H,17-18,20H2,1-3H3/t22-,23?,31?/m1/s1. The first kappa shape index (κ1) is 23.3. The number of carbonyl (C=O) groups excluding carboxylic acids is 1.